The SMILES string of the molecule is C=CCCCCN(c1nc2oc(-c3ccc(F)cc3)c(C(=O)NC)c2cc1C)S(C)(=O)=O. The maximum atomic E-state index is 13.4. The Balaban J connectivity index is 2.16. The van der Waals surface area contributed by atoms with E-state index >= 15 is 0 Å². The number of unbranched alkanes of at least 4 members (excludes halogenated alkanes) is 2. The van der Waals surface area contributed by atoms with Crippen LogP contribution in [0.3, 0.4) is 0 Å². The summed E-state index contributed by atoms with van der Waals surface area (Å²) >= 11 is 0. The van der Waals surface area contributed by atoms with Crippen molar-refractivity contribution < 1.29 is 22.0 Å². The number of nitrogens with zero attached hydrogens (tertiary/aromatic N) is 2. The van der Waals surface area contributed by atoms with Gasteiger partial charge in [-0.1, -0.05) is 6.08 Å². The summed E-state index contributed by atoms with van der Waals surface area (Å²) in [4.78, 5) is 17.1. The van der Waals surface area contributed by atoms with Gasteiger partial charge in [0.25, 0.3) is 5.91 Å². The fourth-order valence-corrected chi connectivity index (χ4v) is 4.45. The van der Waals surface area contributed by atoms with Crippen LogP contribution in [0.1, 0.15) is 35.2 Å². The fraction of sp³-hybridized carbons (Fsp3) is 0.304. The van der Waals surface area contributed by atoms with Crippen molar-refractivity contribution in [3.05, 3.63) is 59.9 Å². The van der Waals surface area contributed by atoms with Crippen LogP contribution in [0.2, 0.25) is 0 Å². The van der Waals surface area contributed by atoms with Gasteiger partial charge in [0.05, 0.1) is 17.2 Å². The molecule has 0 aliphatic carbocycles. The number of aryl methyl sites for hydroxylation is 1. The smallest absolute Gasteiger partial charge is 0.255 e. The minimum atomic E-state index is -3.60. The van der Waals surface area contributed by atoms with Crippen molar-refractivity contribution in [1.82, 2.24) is 10.3 Å². The normalized spacial score (nSPS) is 11.5. The maximum Gasteiger partial charge on any atom is 0.255 e. The van der Waals surface area contributed by atoms with E-state index in [9.17, 15) is 17.6 Å². The molecule has 1 aromatic carbocycles. The number of fused-ring (bicyclic) bond motifs is 1. The van der Waals surface area contributed by atoms with Crippen molar-refractivity contribution >= 4 is 32.8 Å². The Morgan fingerprint density at radius 2 is 1.97 bits per heavy atom. The second-order valence-electron chi connectivity index (χ2n) is 7.49. The number of hydrogen-bond donors (Lipinski definition) is 1. The zero-order valence-electron chi connectivity index (χ0n) is 18.3. The standard InChI is InChI=1S/C23H26FN3O4S/c1-5-6-7-8-13-27(32(4,29)30)21-15(2)14-18-19(22(28)25-3)20(31-23(18)26-21)16-9-11-17(24)12-10-16/h5,9-12,14H,1,6-8,13H2,2-4H3,(H,25,28). The third kappa shape index (κ3) is 4.83. The molecule has 2 aromatic heterocycles. The van der Waals surface area contributed by atoms with Crippen LogP contribution in [-0.2, 0) is 10.0 Å². The van der Waals surface area contributed by atoms with E-state index in [-0.39, 0.29) is 35.3 Å². The van der Waals surface area contributed by atoms with Crippen molar-refractivity contribution in [3.8, 4) is 11.3 Å². The number of carbonyl (C=O) groups excluding carboxylic acids is 1. The summed E-state index contributed by atoms with van der Waals surface area (Å²) in [6.45, 7) is 5.69. The van der Waals surface area contributed by atoms with Gasteiger partial charge in [0.15, 0.2) is 0 Å². The number of allylic oxidation sites excluding steroid dienone is 1. The zero-order chi connectivity index (χ0) is 23.5. The van der Waals surface area contributed by atoms with E-state index in [0.717, 1.165) is 19.1 Å². The number of benzene rings is 1. The summed E-state index contributed by atoms with van der Waals surface area (Å²) in [5.74, 6) is -0.314. The summed E-state index contributed by atoms with van der Waals surface area (Å²) in [6, 6.07) is 7.26. The summed E-state index contributed by atoms with van der Waals surface area (Å²) in [5.41, 5.74) is 1.48. The lowest BCUT2D eigenvalue weighted by Gasteiger charge is -2.22. The number of furan rings is 1. The number of hydrogen-bond acceptors (Lipinski definition) is 5. The number of halogens is 1. The molecule has 1 amide bonds. The van der Waals surface area contributed by atoms with Gasteiger partial charge in [-0.15, -0.1) is 6.58 Å². The molecule has 0 aliphatic heterocycles. The predicted molar refractivity (Wildman–Crippen MR) is 124 cm³/mol. The van der Waals surface area contributed by atoms with E-state index < -0.39 is 15.8 Å². The van der Waals surface area contributed by atoms with Crippen LogP contribution in [0.15, 0.2) is 47.4 Å². The molecule has 0 aliphatic rings. The Labute approximate surface area is 187 Å². The fourth-order valence-electron chi connectivity index (χ4n) is 3.49. The molecule has 0 radical (unpaired) electrons. The van der Waals surface area contributed by atoms with Gasteiger partial charge in [-0.3, -0.25) is 9.10 Å². The predicted octanol–water partition coefficient (Wildman–Crippen LogP) is 4.42. The zero-order valence-corrected chi connectivity index (χ0v) is 19.1. The van der Waals surface area contributed by atoms with E-state index in [1.807, 2.05) is 0 Å². The van der Waals surface area contributed by atoms with Gasteiger partial charge in [0, 0.05) is 19.2 Å². The topological polar surface area (TPSA) is 92.5 Å². The second-order valence-corrected chi connectivity index (χ2v) is 9.40. The van der Waals surface area contributed by atoms with E-state index in [1.165, 1.54) is 35.6 Å². The molecule has 0 saturated carbocycles. The van der Waals surface area contributed by atoms with Crippen molar-refractivity contribution in [3.63, 3.8) is 0 Å². The quantitative estimate of drug-likeness (QED) is 0.378. The lowest BCUT2D eigenvalue weighted by molar-refractivity contribution is 0.0964. The molecule has 9 heteroatoms. The van der Waals surface area contributed by atoms with Gasteiger partial charge in [-0.2, -0.15) is 4.98 Å². The second kappa shape index (κ2) is 9.52. The van der Waals surface area contributed by atoms with Crippen LogP contribution in [0.4, 0.5) is 10.2 Å². The molecular weight excluding hydrogens is 433 g/mol. The molecule has 0 bridgehead atoms. The van der Waals surface area contributed by atoms with Crippen LogP contribution >= 0.6 is 0 Å². The highest BCUT2D eigenvalue weighted by Crippen LogP contribution is 2.36. The van der Waals surface area contributed by atoms with Crippen LogP contribution in [0.5, 0.6) is 0 Å². The van der Waals surface area contributed by atoms with Crippen molar-refractivity contribution in [2.24, 2.45) is 0 Å². The Morgan fingerprint density at radius 3 is 2.56 bits per heavy atom. The number of pyridine rings is 1. The minimum Gasteiger partial charge on any atom is -0.437 e. The average Bonchev–Trinajstić information content (AvgIpc) is 3.10. The molecule has 0 spiro atoms. The summed E-state index contributed by atoms with van der Waals surface area (Å²) in [7, 11) is -2.10. The van der Waals surface area contributed by atoms with E-state index in [2.05, 4.69) is 16.9 Å². The first-order valence-corrected chi connectivity index (χ1v) is 12.0. The number of sulfonamides is 1. The van der Waals surface area contributed by atoms with Crippen LogP contribution in [-0.4, -0.2) is 39.2 Å². The average molecular weight is 460 g/mol. The largest absolute Gasteiger partial charge is 0.437 e. The number of rotatable bonds is 9. The van der Waals surface area contributed by atoms with Crippen LogP contribution in [0, 0.1) is 12.7 Å². The monoisotopic (exact) mass is 459 g/mol. The molecule has 3 aromatic rings. The third-order valence-corrected chi connectivity index (χ3v) is 6.22. The van der Waals surface area contributed by atoms with Gasteiger partial charge >= 0.3 is 0 Å². The molecular formula is C23H26FN3O4S. The number of aromatic nitrogens is 1. The summed E-state index contributed by atoms with van der Waals surface area (Å²) in [6.07, 6.45) is 5.15. The van der Waals surface area contributed by atoms with Gasteiger partial charge < -0.3 is 9.73 Å². The molecule has 2 heterocycles. The van der Waals surface area contributed by atoms with Gasteiger partial charge in [-0.25, -0.2) is 12.8 Å². The number of nitrogens with one attached hydrogen (secondary N) is 1. The highest BCUT2D eigenvalue weighted by Gasteiger charge is 2.26. The highest BCUT2D eigenvalue weighted by molar-refractivity contribution is 7.92. The van der Waals surface area contributed by atoms with E-state index in [1.54, 1.807) is 19.1 Å². The van der Waals surface area contributed by atoms with Crippen molar-refractivity contribution in [1.29, 1.82) is 0 Å². The van der Waals surface area contributed by atoms with Gasteiger partial charge in [0.1, 0.15) is 17.4 Å². The molecule has 170 valence electrons. The first-order chi connectivity index (χ1) is 15.2. The number of anilines is 1. The number of carbonyl (C=O) groups is 1. The van der Waals surface area contributed by atoms with E-state index in [0.29, 0.717) is 22.9 Å². The Bertz CT molecular complexity index is 1250. The molecule has 0 fully saturated rings. The summed E-state index contributed by atoms with van der Waals surface area (Å²) < 4.78 is 45.6. The van der Waals surface area contributed by atoms with Crippen LogP contribution < -0.4 is 9.62 Å². The first-order valence-electron chi connectivity index (χ1n) is 10.2. The van der Waals surface area contributed by atoms with Gasteiger partial charge in [-0.05, 0) is 62.1 Å². The molecule has 0 saturated heterocycles. The molecule has 7 nitrogen and oxygen atoms in total. The Hall–Kier alpha value is -3.20. The Morgan fingerprint density at radius 1 is 1.28 bits per heavy atom. The lowest BCUT2D eigenvalue weighted by Crippen LogP contribution is -2.32. The summed E-state index contributed by atoms with van der Waals surface area (Å²) in [5, 5.41) is 3.04. The molecule has 0 unspecified atom stereocenters. The molecule has 1 N–H and O–H groups in total. The minimum absolute atomic E-state index is 0.128. The van der Waals surface area contributed by atoms with Gasteiger partial charge in [0.2, 0.25) is 15.7 Å². The number of amides is 1. The molecule has 0 atom stereocenters. The highest BCUT2D eigenvalue weighted by atomic mass is 32.2. The third-order valence-electron chi connectivity index (χ3n) is 5.06. The van der Waals surface area contributed by atoms with Crippen LogP contribution in [0.25, 0.3) is 22.4 Å². The van der Waals surface area contributed by atoms with Crippen molar-refractivity contribution in [2.75, 3.05) is 24.2 Å². The first kappa shape index (κ1) is 23.5. The Kier molecular flexibility index (Phi) is 6.98. The van der Waals surface area contributed by atoms with E-state index in [4.69, 9.17) is 4.42 Å². The van der Waals surface area contributed by atoms with Crippen molar-refractivity contribution in [2.45, 2.75) is 26.2 Å². The molecule has 32 heavy (non-hydrogen) atoms. The maximum absolute atomic E-state index is 13.4. The lowest BCUT2D eigenvalue weighted by atomic mass is 10.0. The molecule has 3 rings (SSSR count).